The predicted octanol–water partition coefficient (Wildman–Crippen LogP) is 6.69. The molecule has 0 saturated heterocycles. The van der Waals surface area contributed by atoms with E-state index >= 15 is 0 Å². The highest BCUT2D eigenvalue weighted by atomic mass is 19.4. The molecule has 7 heteroatoms. The molecule has 4 nitrogen and oxygen atoms in total. The van der Waals surface area contributed by atoms with E-state index in [-0.39, 0.29) is 5.91 Å². The molecule has 0 bridgehead atoms. The normalized spacial score (nSPS) is 14.1. The van der Waals surface area contributed by atoms with Crippen LogP contribution in [-0.2, 0) is 17.4 Å². The molecule has 176 valence electrons. The molecular weight excluding hydrogens is 441 g/mol. The number of rotatable bonds is 7. The van der Waals surface area contributed by atoms with E-state index in [2.05, 4.69) is 10.3 Å². The summed E-state index contributed by atoms with van der Waals surface area (Å²) in [6.45, 7) is 0.492. The summed E-state index contributed by atoms with van der Waals surface area (Å²) in [5.41, 5.74) is 2.99. The molecule has 1 heterocycles. The van der Waals surface area contributed by atoms with Gasteiger partial charge in [-0.3, -0.25) is 9.78 Å². The molecule has 1 aliphatic carbocycles. The van der Waals surface area contributed by atoms with Crippen molar-refractivity contribution < 1.29 is 22.7 Å². The van der Waals surface area contributed by atoms with E-state index in [0.717, 1.165) is 36.2 Å². The second-order valence-corrected chi connectivity index (χ2v) is 8.14. The number of carbonyl (C=O) groups is 1. The summed E-state index contributed by atoms with van der Waals surface area (Å²) < 4.78 is 44.4. The van der Waals surface area contributed by atoms with Crippen molar-refractivity contribution in [3.63, 3.8) is 0 Å². The maximum Gasteiger partial charge on any atom is 0.416 e. The van der Waals surface area contributed by atoms with Gasteiger partial charge in [-0.1, -0.05) is 18.2 Å². The third-order valence-corrected chi connectivity index (χ3v) is 5.77. The van der Waals surface area contributed by atoms with Crippen LogP contribution in [-0.4, -0.2) is 17.5 Å². The maximum absolute atomic E-state index is 13.0. The SMILES string of the molecule is O=C(Nc1ccc(OCCc2ccccn2)cc1)C1=C(c2ccc(C(F)(F)F)cc2)CCCC1. The number of hydrogen-bond donors (Lipinski definition) is 1. The smallest absolute Gasteiger partial charge is 0.416 e. The van der Waals surface area contributed by atoms with Gasteiger partial charge in [-0.25, -0.2) is 0 Å². The summed E-state index contributed by atoms with van der Waals surface area (Å²) in [7, 11) is 0. The van der Waals surface area contributed by atoms with Crippen molar-refractivity contribution in [1.29, 1.82) is 0 Å². The van der Waals surface area contributed by atoms with Crippen LogP contribution in [0.25, 0.3) is 5.57 Å². The van der Waals surface area contributed by atoms with E-state index in [9.17, 15) is 18.0 Å². The second kappa shape index (κ2) is 10.5. The number of amides is 1. The molecule has 1 aliphatic rings. The van der Waals surface area contributed by atoms with Gasteiger partial charge < -0.3 is 10.1 Å². The Kier molecular flexibility index (Phi) is 7.30. The number of anilines is 1. The van der Waals surface area contributed by atoms with E-state index in [1.807, 2.05) is 18.2 Å². The molecule has 0 radical (unpaired) electrons. The molecular formula is C27H25F3N2O2. The summed E-state index contributed by atoms with van der Waals surface area (Å²) in [6.07, 6.45) is 1.09. The van der Waals surface area contributed by atoms with Gasteiger partial charge in [0.15, 0.2) is 0 Å². The Morgan fingerprint density at radius 1 is 0.941 bits per heavy atom. The van der Waals surface area contributed by atoms with E-state index in [4.69, 9.17) is 4.74 Å². The molecule has 0 unspecified atom stereocenters. The minimum atomic E-state index is -4.38. The summed E-state index contributed by atoms with van der Waals surface area (Å²) in [4.78, 5) is 17.3. The Morgan fingerprint density at radius 2 is 1.68 bits per heavy atom. The highest BCUT2D eigenvalue weighted by Crippen LogP contribution is 2.35. The van der Waals surface area contributed by atoms with Gasteiger partial charge in [0.05, 0.1) is 12.2 Å². The fraction of sp³-hybridized carbons (Fsp3) is 0.259. The first kappa shape index (κ1) is 23.5. The van der Waals surface area contributed by atoms with Crippen LogP contribution in [0.3, 0.4) is 0 Å². The van der Waals surface area contributed by atoms with E-state index in [1.165, 1.54) is 12.1 Å². The highest BCUT2D eigenvalue weighted by Gasteiger charge is 2.30. The number of carbonyl (C=O) groups excluding carboxylic acids is 1. The number of alkyl halides is 3. The Bertz CT molecular complexity index is 1140. The quantitative estimate of drug-likeness (QED) is 0.422. The second-order valence-electron chi connectivity index (χ2n) is 8.14. The van der Waals surface area contributed by atoms with Crippen LogP contribution in [0.4, 0.5) is 18.9 Å². The standard InChI is InChI=1S/C27H25F3N2O2/c28-27(29,30)20-10-8-19(9-11-20)24-6-1-2-7-25(24)26(33)32-22-12-14-23(15-13-22)34-18-16-21-5-3-4-17-31-21/h3-5,8-15,17H,1-2,6-7,16,18H2,(H,32,33). The van der Waals surface area contributed by atoms with Crippen LogP contribution in [0.15, 0.2) is 78.5 Å². The van der Waals surface area contributed by atoms with Crippen molar-refractivity contribution >= 4 is 17.2 Å². The molecule has 4 rings (SSSR count). The molecule has 0 aliphatic heterocycles. The number of allylic oxidation sites excluding steroid dienone is 1. The number of halogens is 3. The van der Waals surface area contributed by atoms with Crippen LogP contribution in [0.5, 0.6) is 5.75 Å². The summed E-state index contributed by atoms with van der Waals surface area (Å²) in [5, 5.41) is 2.91. The number of ether oxygens (including phenoxy) is 1. The van der Waals surface area contributed by atoms with Crippen LogP contribution < -0.4 is 10.1 Å². The monoisotopic (exact) mass is 466 g/mol. The molecule has 1 N–H and O–H groups in total. The lowest BCUT2D eigenvalue weighted by molar-refractivity contribution is -0.137. The first-order valence-electron chi connectivity index (χ1n) is 11.2. The van der Waals surface area contributed by atoms with Crippen molar-refractivity contribution in [2.24, 2.45) is 0 Å². The third kappa shape index (κ3) is 6.04. The summed E-state index contributed by atoms with van der Waals surface area (Å²) in [6, 6.07) is 17.9. The van der Waals surface area contributed by atoms with Crippen LogP contribution >= 0.6 is 0 Å². The van der Waals surface area contributed by atoms with Gasteiger partial charge in [0, 0.05) is 29.6 Å². The molecule has 2 aromatic carbocycles. The fourth-order valence-corrected chi connectivity index (χ4v) is 4.00. The molecule has 1 aromatic heterocycles. The lowest BCUT2D eigenvalue weighted by Gasteiger charge is -2.21. The topological polar surface area (TPSA) is 51.2 Å². The molecule has 0 spiro atoms. The molecule has 0 fully saturated rings. The Morgan fingerprint density at radius 3 is 2.35 bits per heavy atom. The van der Waals surface area contributed by atoms with E-state index in [0.29, 0.717) is 48.4 Å². The zero-order valence-corrected chi connectivity index (χ0v) is 18.6. The first-order valence-corrected chi connectivity index (χ1v) is 11.2. The third-order valence-electron chi connectivity index (χ3n) is 5.77. The molecule has 1 amide bonds. The van der Waals surface area contributed by atoms with Crippen molar-refractivity contribution in [3.8, 4) is 5.75 Å². The van der Waals surface area contributed by atoms with E-state index in [1.54, 1.807) is 30.5 Å². The van der Waals surface area contributed by atoms with Gasteiger partial charge in [-0.2, -0.15) is 13.2 Å². The Balaban J connectivity index is 1.40. The lowest BCUT2D eigenvalue weighted by Crippen LogP contribution is -2.18. The Labute approximate surface area is 196 Å². The molecule has 0 atom stereocenters. The highest BCUT2D eigenvalue weighted by molar-refractivity contribution is 6.09. The molecule has 0 saturated carbocycles. The maximum atomic E-state index is 13.0. The van der Waals surface area contributed by atoms with Gasteiger partial charge in [-0.05, 0) is 85.4 Å². The van der Waals surface area contributed by atoms with Gasteiger partial charge in [0.25, 0.3) is 5.91 Å². The summed E-state index contributed by atoms with van der Waals surface area (Å²) in [5.74, 6) is 0.467. The first-order chi connectivity index (χ1) is 16.4. The van der Waals surface area contributed by atoms with Crippen LogP contribution in [0.2, 0.25) is 0 Å². The molecule has 34 heavy (non-hydrogen) atoms. The average Bonchev–Trinajstić information content (AvgIpc) is 2.85. The van der Waals surface area contributed by atoms with Crippen LogP contribution in [0, 0.1) is 0 Å². The Hall–Kier alpha value is -3.61. The number of hydrogen-bond acceptors (Lipinski definition) is 3. The van der Waals surface area contributed by atoms with Crippen molar-refractivity contribution in [2.45, 2.75) is 38.3 Å². The minimum absolute atomic E-state index is 0.224. The van der Waals surface area contributed by atoms with Crippen molar-refractivity contribution in [2.75, 3.05) is 11.9 Å². The minimum Gasteiger partial charge on any atom is -0.493 e. The fourth-order valence-electron chi connectivity index (χ4n) is 4.00. The lowest BCUT2D eigenvalue weighted by atomic mass is 9.86. The number of nitrogens with zero attached hydrogens (tertiary/aromatic N) is 1. The zero-order chi connectivity index (χ0) is 24.0. The average molecular weight is 467 g/mol. The number of aromatic nitrogens is 1. The van der Waals surface area contributed by atoms with Gasteiger partial charge in [0.2, 0.25) is 0 Å². The van der Waals surface area contributed by atoms with Gasteiger partial charge >= 0.3 is 6.18 Å². The number of benzene rings is 2. The summed E-state index contributed by atoms with van der Waals surface area (Å²) >= 11 is 0. The van der Waals surface area contributed by atoms with Crippen LogP contribution in [0.1, 0.15) is 42.5 Å². The van der Waals surface area contributed by atoms with Gasteiger partial charge in [-0.15, -0.1) is 0 Å². The van der Waals surface area contributed by atoms with Crippen molar-refractivity contribution in [1.82, 2.24) is 4.98 Å². The molecule has 3 aromatic rings. The zero-order valence-electron chi connectivity index (χ0n) is 18.6. The number of nitrogens with one attached hydrogen (secondary N) is 1. The largest absolute Gasteiger partial charge is 0.493 e. The number of pyridine rings is 1. The van der Waals surface area contributed by atoms with Crippen molar-refractivity contribution in [3.05, 3.63) is 95.3 Å². The van der Waals surface area contributed by atoms with Gasteiger partial charge in [0.1, 0.15) is 5.75 Å². The van der Waals surface area contributed by atoms with E-state index < -0.39 is 11.7 Å². The predicted molar refractivity (Wildman–Crippen MR) is 125 cm³/mol.